The van der Waals surface area contributed by atoms with Crippen molar-refractivity contribution in [1.29, 1.82) is 0 Å². The largest absolute Gasteiger partial charge is 0.456 e. The highest BCUT2D eigenvalue weighted by atomic mass is 32.2. The van der Waals surface area contributed by atoms with Gasteiger partial charge in [0.2, 0.25) is 0 Å². The standard InChI is InChI=1S/C38H55F5N2O2S/c1-34-19-16-29(46)26-28(34)25-27(15-12-10-8-6-4-3-5-7-9-11-13-24-48-33-44-22-14-23-45-33)32-30(34)17-20-35(2)31(32)18-21-36(35,47)37(39,40)38(41,42)43/h14,22-23,26-27,30-32,47H,3-13,15-21,24-25H2,1-2H3/t27-,30+,31+,32-,34+,35+,36+/m1/s1. The lowest BCUT2D eigenvalue weighted by molar-refractivity contribution is -0.364. The first-order valence-electron chi connectivity index (χ1n) is 18.6. The summed E-state index contributed by atoms with van der Waals surface area (Å²) in [5, 5.41) is 12.2. The first-order chi connectivity index (χ1) is 22.7. The Bertz CT molecular complexity index is 1260. The minimum absolute atomic E-state index is 0.0255. The molecule has 0 spiro atoms. The van der Waals surface area contributed by atoms with Crippen molar-refractivity contribution >= 4 is 17.5 Å². The van der Waals surface area contributed by atoms with Crippen LogP contribution >= 0.6 is 11.8 Å². The average molecular weight is 699 g/mol. The Morgan fingerprint density at radius 1 is 0.833 bits per heavy atom. The summed E-state index contributed by atoms with van der Waals surface area (Å²) in [5.74, 6) is -4.13. The smallest absolute Gasteiger partial charge is 0.383 e. The molecule has 0 unspecified atom stereocenters. The van der Waals surface area contributed by atoms with E-state index in [9.17, 15) is 23.1 Å². The number of carbonyl (C=O) groups is 1. The van der Waals surface area contributed by atoms with Crippen LogP contribution in [0.25, 0.3) is 0 Å². The lowest BCUT2D eigenvalue weighted by Crippen LogP contribution is -2.66. The summed E-state index contributed by atoms with van der Waals surface area (Å²) in [6.45, 7) is 3.70. The number of thioether (sulfide) groups is 1. The molecule has 1 heterocycles. The lowest BCUT2D eigenvalue weighted by atomic mass is 9.43. The molecule has 270 valence electrons. The zero-order chi connectivity index (χ0) is 34.6. The van der Waals surface area contributed by atoms with Crippen LogP contribution in [-0.2, 0) is 4.79 Å². The van der Waals surface area contributed by atoms with Crippen LogP contribution in [0, 0.1) is 34.5 Å². The fourth-order valence-electron chi connectivity index (χ4n) is 10.4. The number of rotatable bonds is 16. The maximum atomic E-state index is 15.1. The van der Waals surface area contributed by atoms with Crippen molar-refractivity contribution in [2.24, 2.45) is 34.5 Å². The predicted molar refractivity (Wildman–Crippen MR) is 180 cm³/mol. The van der Waals surface area contributed by atoms with Gasteiger partial charge in [0.15, 0.2) is 10.9 Å². The van der Waals surface area contributed by atoms with Gasteiger partial charge in [-0.05, 0) is 92.6 Å². The van der Waals surface area contributed by atoms with Crippen molar-refractivity contribution in [3.63, 3.8) is 0 Å². The van der Waals surface area contributed by atoms with Crippen molar-refractivity contribution in [3.8, 4) is 0 Å². The minimum Gasteiger partial charge on any atom is -0.383 e. The Morgan fingerprint density at radius 3 is 2.04 bits per heavy atom. The molecule has 1 aromatic rings. The molecule has 3 fully saturated rings. The van der Waals surface area contributed by atoms with Crippen molar-refractivity contribution in [1.82, 2.24) is 9.97 Å². The van der Waals surface area contributed by atoms with E-state index >= 15 is 8.78 Å². The summed E-state index contributed by atoms with van der Waals surface area (Å²) in [6.07, 6.45) is 15.7. The topological polar surface area (TPSA) is 63.1 Å². The number of ketones is 1. The molecule has 10 heteroatoms. The molecule has 0 bridgehead atoms. The third kappa shape index (κ3) is 7.41. The molecule has 0 aliphatic heterocycles. The van der Waals surface area contributed by atoms with E-state index in [0.717, 1.165) is 42.2 Å². The summed E-state index contributed by atoms with van der Waals surface area (Å²) in [7, 11) is 0. The number of alkyl halides is 5. The van der Waals surface area contributed by atoms with E-state index < -0.39 is 35.5 Å². The van der Waals surface area contributed by atoms with Crippen LogP contribution in [0.5, 0.6) is 0 Å². The number of hydrogen-bond donors (Lipinski definition) is 1. The van der Waals surface area contributed by atoms with Crippen LogP contribution in [0.15, 0.2) is 35.3 Å². The number of fused-ring (bicyclic) bond motifs is 5. The first kappa shape index (κ1) is 37.7. The number of carbonyl (C=O) groups excluding carboxylic acids is 1. The van der Waals surface area contributed by atoms with Gasteiger partial charge in [-0.2, -0.15) is 22.0 Å². The van der Waals surface area contributed by atoms with Gasteiger partial charge in [-0.15, -0.1) is 0 Å². The second-order valence-electron chi connectivity index (χ2n) is 15.8. The van der Waals surface area contributed by atoms with Gasteiger partial charge >= 0.3 is 12.1 Å². The van der Waals surface area contributed by atoms with Gasteiger partial charge in [0, 0.05) is 30.0 Å². The molecular formula is C38H55F5N2O2S. The van der Waals surface area contributed by atoms with Crippen LogP contribution in [0.3, 0.4) is 0 Å². The van der Waals surface area contributed by atoms with E-state index in [1.54, 1.807) is 24.2 Å². The Hall–Kier alpha value is -1.55. The van der Waals surface area contributed by atoms with E-state index in [4.69, 9.17) is 0 Å². The van der Waals surface area contributed by atoms with E-state index in [0.29, 0.717) is 25.7 Å². The Kier molecular flexibility index (Phi) is 12.1. The SMILES string of the molecule is C[C@]12CCC(=O)C=C1C[C@@H](CCCCCCCCCCCCCSc1ncccn1)[C@@H]1[C@@H]2CC[C@@]2(C)[C@H]1CC[C@@]2(O)C(F)(F)C(F)(F)F. The molecule has 0 radical (unpaired) electrons. The van der Waals surface area contributed by atoms with E-state index in [-0.39, 0.29) is 41.8 Å². The van der Waals surface area contributed by atoms with Gasteiger partial charge in [0.1, 0.15) is 5.60 Å². The fourth-order valence-corrected chi connectivity index (χ4v) is 11.2. The number of halogens is 5. The number of aliphatic hydroxyl groups is 1. The van der Waals surface area contributed by atoms with Crippen molar-refractivity contribution in [3.05, 3.63) is 30.1 Å². The van der Waals surface area contributed by atoms with E-state index in [1.165, 1.54) is 58.3 Å². The number of aromatic nitrogens is 2. The summed E-state index contributed by atoms with van der Waals surface area (Å²) in [4.78, 5) is 21.0. The second kappa shape index (κ2) is 15.4. The van der Waals surface area contributed by atoms with Gasteiger partial charge in [0.25, 0.3) is 0 Å². The zero-order valence-corrected chi connectivity index (χ0v) is 29.6. The average Bonchev–Trinajstić information content (AvgIpc) is 3.33. The normalized spacial score (nSPS) is 33.6. The maximum Gasteiger partial charge on any atom is 0.456 e. The monoisotopic (exact) mass is 698 g/mol. The highest BCUT2D eigenvalue weighted by Crippen LogP contribution is 2.72. The number of allylic oxidation sites excluding steroid dienone is 1. The number of unbranched alkanes of at least 4 members (excludes halogenated alkanes) is 10. The first-order valence-corrected chi connectivity index (χ1v) is 19.5. The maximum absolute atomic E-state index is 15.1. The third-order valence-corrected chi connectivity index (χ3v) is 14.1. The Morgan fingerprint density at radius 2 is 1.42 bits per heavy atom. The number of hydrogen-bond acceptors (Lipinski definition) is 5. The Balaban J connectivity index is 1.09. The molecule has 0 aromatic carbocycles. The molecular weight excluding hydrogens is 643 g/mol. The van der Waals surface area contributed by atoms with Crippen molar-refractivity contribution in [2.45, 2.75) is 159 Å². The predicted octanol–water partition coefficient (Wildman–Crippen LogP) is 10.9. The molecule has 48 heavy (non-hydrogen) atoms. The lowest BCUT2D eigenvalue weighted by Gasteiger charge is -2.62. The highest BCUT2D eigenvalue weighted by molar-refractivity contribution is 7.99. The van der Waals surface area contributed by atoms with E-state index in [2.05, 4.69) is 16.9 Å². The summed E-state index contributed by atoms with van der Waals surface area (Å²) < 4.78 is 71.2. The summed E-state index contributed by atoms with van der Waals surface area (Å²) >= 11 is 1.71. The van der Waals surface area contributed by atoms with Crippen molar-refractivity contribution in [2.75, 3.05) is 5.75 Å². The van der Waals surface area contributed by atoms with Crippen LogP contribution in [-0.4, -0.2) is 44.3 Å². The summed E-state index contributed by atoms with van der Waals surface area (Å²) in [6, 6.07) is 1.83. The molecule has 7 atom stereocenters. The van der Waals surface area contributed by atoms with Gasteiger partial charge in [-0.1, -0.05) is 95.4 Å². The van der Waals surface area contributed by atoms with Gasteiger partial charge in [-0.25, -0.2) is 9.97 Å². The summed E-state index contributed by atoms with van der Waals surface area (Å²) in [5.41, 5.74) is -3.69. The van der Waals surface area contributed by atoms with Gasteiger partial charge in [-0.3, -0.25) is 4.79 Å². The molecule has 0 amide bonds. The zero-order valence-electron chi connectivity index (χ0n) is 28.8. The molecule has 5 rings (SSSR count). The van der Waals surface area contributed by atoms with Crippen molar-refractivity contribution < 1.29 is 31.9 Å². The van der Waals surface area contributed by atoms with Gasteiger partial charge in [0.05, 0.1) is 0 Å². The molecule has 4 aliphatic carbocycles. The molecule has 0 saturated heterocycles. The van der Waals surface area contributed by atoms with Crippen LogP contribution < -0.4 is 0 Å². The Labute approximate surface area is 287 Å². The van der Waals surface area contributed by atoms with Crippen LogP contribution in [0.1, 0.15) is 136 Å². The molecule has 4 nitrogen and oxygen atoms in total. The third-order valence-electron chi connectivity index (χ3n) is 13.2. The molecule has 1 aromatic heterocycles. The van der Waals surface area contributed by atoms with E-state index in [1.807, 2.05) is 12.1 Å². The fraction of sp³-hybridized carbons (Fsp3) is 0.816. The quantitative estimate of drug-likeness (QED) is 0.0806. The number of nitrogens with zero attached hydrogens (tertiary/aromatic N) is 2. The van der Waals surface area contributed by atoms with Gasteiger partial charge < -0.3 is 5.11 Å². The second-order valence-corrected chi connectivity index (χ2v) is 16.9. The highest BCUT2D eigenvalue weighted by Gasteiger charge is 2.79. The van der Waals surface area contributed by atoms with Crippen LogP contribution in [0.2, 0.25) is 0 Å². The molecule has 3 saturated carbocycles. The minimum atomic E-state index is -5.80. The molecule has 1 N–H and O–H groups in total. The molecule has 4 aliphatic rings. The van der Waals surface area contributed by atoms with Crippen LogP contribution in [0.4, 0.5) is 22.0 Å².